The van der Waals surface area contributed by atoms with Crippen LogP contribution in [0.2, 0.25) is 0 Å². The van der Waals surface area contributed by atoms with Crippen LogP contribution in [0.25, 0.3) is 22.6 Å². The Kier molecular flexibility index (Phi) is 3.75. The number of pyridine rings is 1. The van der Waals surface area contributed by atoms with Crippen LogP contribution in [0, 0.1) is 6.92 Å². The molecule has 0 spiro atoms. The number of anilines is 1. The normalized spacial score (nSPS) is 11.1. The van der Waals surface area contributed by atoms with Gasteiger partial charge in [0.15, 0.2) is 17.0 Å². The third-order valence-corrected chi connectivity index (χ3v) is 3.81. The Morgan fingerprint density at radius 2 is 1.73 bits per heavy atom. The summed E-state index contributed by atoms with van der Waals surface area (Å²) in [4.78, 5) is 20.3. The van der Waals surface area contributed by atoms with Crippen molar-refractivity contribution in [1.29, 1.82) is 0 Å². The zero-order chi connectivity index (χ0) is 15.7. The molecule has 0 aliphatic carbocycles. The first-order chi connectivity index (χ1) is 10.7. The summed E-state index contributed by atoms with van der Waals surface area (Å²) in [5, 5.41) is 0. The van der Waals surface area contributed by atoms with E-state index in [1.165, 1.54) is 0 Å². The van der Waals surface area contributed by atoms with Gasteiger partial charge in [0.05, 0.1) is 0 Å². The van der Waals surface area contributed by atoms with Crippen molar-refractivity contribution in [3.8, 4) is 11.4 Å². The van der Waals surface area contributed by atoms with Crippen LogP contribution in [0.5, 0.6) is 0 Å². The lowest BCUT2D eigenvalue weighted by atomic mass is 10.2. The number of imidazole rings is 1. The van der Waals surface area contributed by atoms with Crippen LogP contribution >= 0.6 is 0 Å². The fourth-order valence-corrected chi connectivity index (χ4v) is 2.66. The smallest absolute Gasteiger partial charge is 0.165 e. The topological polar surface area (TPSA) is 59.7 Å². The highest BCUT2D eigenvalue weighted by atomic mass is 15.2. The number of aryl methyl sites for hydroxylation is 2. The number of fused-ring (bicyclic) bond motifs is 1. The summed E-state index contributed by atoms with van der Waals surface area (Å²) >= 11 is 0. The molecule has 22 heavy (non-hydrogen) atoms. The van der Waals surface area contributed by atoms with Crippen LogP contribution < -0.4 is 4.90 Å². The summed E-state index contributed by atoms with van der Waals surface area (Å²) in [5.41, 5.74) is 2.74. The summed E-state index contributed by atoms with van der Waals surface area (Å²) in [6.07, 6.45) is 3.55. The molecule has 3 aromatic rings. The molecule has 114 valence electrons. The average molecular weight is 296 g/mol. The molecule has 0 aliphatic heterocycles. The van der Waals surface area contributed by atoms with Crippen molar-refractivity contribution in [1.82, 2.24) is 24.5 Å². The minimum atomic E-state index is 0.763. The highest BCUT2D eigenvalue weighted by Gasteiger charge is 2.18. The van der Waals surface area contributed by atoms with E-state index in [-0.39, 0.29) is 0 Å². The molecular formula is C16H20N6. The SMILES string of the molecule is CCN(CC)c1nc(C)nc2c1nc(-c1ccncc1)n2C. The van der Waals surface area contributed by atoms with E-state index in [0.29, 0.717) is 0 Å². The maximum Gasteiger partial charge on any atom is 0.165 e. The van der Waals surface area contributed by atoms with Crippen molar-refractivity contribution in [2.45, 2.75) is 20.8 Å². The molecule has 3 aromatic heterocycles. The van der Waals surface area contributed by atoms with Crippen LogP contribution in [0.3, 0.4) is 0 Å². The molecule has 0 atom stereocenters. The molecular weight excluding hydrogens is 276 g/mol. The monoisotopic (exact) mass is 296 g/mol. The number of hydrogen-bond donors (Lipinski definition) is 0. The molecule has 0 saturated heterocycles. The third kappa shape index (κ3) is 2.30. The van der Waals surface area contributed by atoms with E-state index in [1.54, 1.807) is 12.4 Å². The van der Waals surface area contributed by atoms with Gasteiger partial charge < -0.3 is 9.47 Å². The average Bonchev–Trinajstić information content (AvgIpc) is 2.87. The van der Waals surface area contributed by atoms with Gasteiger partial charge >= 0.3 is 0 Å². The Morgan fingerprint density at radius 1 is 1.05 bits per heavy atom. The summed E-state index contributed by atoms with van der Waals surface area (Å²) in [5.74, 6) is 2.55. The Labute approximate surface area is 129 Å². The number of aromatic nitrogens is 5. The second kappa shape index (κ2) is 5.71. The Morgan fingerprint density at radius 3 is 2.36 bits per heavy atom. The molecule has 0 unspecified atom stereocenters. The summed E-state index contributed by atoms with van der Waals surface area (Å²) < 4.78 is 2.02. The van der Waals surface area contributed by atoms with Crippen molar-refractivity contribution in [3.63, 3.8) is 0 Å². The van der Waals surface area contributed by atoms with E-state index in [9.17, 15) is 0 Å². The van der Waals surface area contributed by atoms with E-state index in [2.05, 4.69) is 33.7 Å². The summed E-state index contributed by atoms with van der Waals surface area (Å²) in [6, 6.07) is 3.91. The lowest BCUT2D eigenvalue weighted by molar-refractivity contribution is 0.839. The predicted octanol–water partition coefficient (Wildman–Crippen LogP) is 2.58. The molecule has 6 nitrogen and oxygen atoms in total. The third-order valence-electron chi connectivity index (χ3n) is 3.81. The van der Waals surface area contributed by atoms with E-state index < -0.39 is 0 Å². The molecule has 0 bridgehead atoms. The molecule has 0 aromatic carbocycles. The highest BCUT2D eigenvalue weighted by molar-refractivity contribution is 5.87. The summed E-state index contributed by atoms with van der Waals surface area (Å²) in [6.45, 7) is 7.96. The summed E-state index contributed by atoms with van der Waals surface area (Å²) in [7, 11) is 1.99. The van der Waals surface area contributed by atoms with Crippen molar-refractivity contribution in [3.05, 3.63) is 30.4 Å². The molecule has 0 amide bonds. The van der Waals surface area contributed by atoms with Crippen molar-refractivity contribution < 1.29 is 0 Å². The first-order valence-corrected chi connectivity index (χ1v) is 7.52. The largest absolute Gasteiger partial charge is 0.355 e. The predicted molar refractivity (Wildman–Crippen MR) is 87.8 cm³/mol. The number of nitrogens with zero attached hydrogens (tertiary/aromatic N) is 6. The molecule has 0 saturated carbocycles. The van der Waals surface area contributed by atoms with Gasteiger partial charge in [-0.2, -0.15) is 0 Å². The lowest BCUT2D eigenvalue weighted by Crippen LogP contribution is -2.23. The molecule has 0 radical (unpaired) electrons. The van der Waals surface area contributed by atoms with Crippen molar-refractivity contribution in [2.75, 3.05) is 18.0 Å². The minimum Gasteiger partial charge on any atom is -0.355 e. The Bertz CT molecular complexity index is 789. The first-order valence-electron chi connectivity index (χ1n) is 7.52. The Balaban J connectivity index is 2.27. The van der Waals surface area contributed by atoms with Crippen LogP contribution in [0.4, 0.5) is 5.82 Å². The first kappa shape index (κ1) is 14.4. The second-order valence-electron chi connectivity index (χ2n) is 5.17. The van der Waals surface area contributed by atoms with E-state index in [1.807, 2.05) is 30.7 Å². The molecule has 6 heteroatoms. The molecule has 3 rings (SSSR count). The van der Waals surface area contributed by atoms with E-state index in [4.69, 9.17) is 4.98 Å². The van der Waals surface area contributed by atoms with Gasteiger partial charge in [-0.05, 0) is 32.9 Å². The zero-order valence-electron chi connectivity index (χ0n) is 13.4. The van der Waals surface area contributed by atoms with Gasteiger partial charge in [-0.1, -0.05) is 0 Å². The van der Waals surface area contributed by atoms with Crippen LogP contribution in [-0.4, -0.2) is 37.6 Å². The van der Waals surface area contributed by atoms with Gasteiger partial charge in [-0.3, -0.25) is 4.98 Å². The fraction of sp³-hybridized carbons (Fsp3) is 0.375. The van der Waals surface area contributed by atoms with Crippen molar-refractivity contribution in [2.24, 2.45) is 7.05 Å². The van der Waals surface area contributed by atoms with Crippen molar-refractivity contribution >= 4 is 17.0 Å². The molecule has 3 heterocycles. The molecule has 0 aliphatic rings. The zero-order valence-corrected chi connectivity index (χ0v) is 13.4. The Hall–Kier alpha value is -2.50. The fourth-order valence-electron chi connectivity index (χ4n) is 2.66. The van der Waals surface area contributed by atoms with Crippen LogP contribution in [0.1, 0.15) is 19.7 Å². The number of rotatable bonds is 4. The van der Waals surface area contributed by atoms with Gasteiger partial charge in [0.2, 0.25) is 0 Å². The van der Waals surface area contributed by atoms with Crippen LogP contribution in [-0.2, 0) is 7.05 Å². The van der Waals surface area contributed by atoms with Gasteiger partial charge in [0.1, 0.15) is 11.6 Å². The second-order valence-corrected chi connectivity index (χ2v) is 5.17. The maximum absolute atomic E-state index is 4.81. The van der Waals surface area contributed by atoms with Gasteiger partial charge in [-0.15, -0.1) is 0 Å². The minimum absolute atomic E-state index is 0.763. The van der Waals surface area contributed by atoms with Gasteiger partial charge in [0, 0.05) is 38.1 Å². The molecule has 0 N–H and O–H groups in total. The van der Waals surface area contributed by atoms with Crippen LogP contribution in [0.15, 0.2) is 24.5 Å². The molecule has 0 fully saturated rings. The van der Waals surface area contributed by atoms with E-state index >= 15 is 0 Å². The van der Waals surface area contributed by atoms with Gasteiger partial charge in [-0.25, -0.2) is 15.0 Å². The highest BCUT2D eigenvalue weighted by Crippen LogP contribution is 2.27. The van der Waals surface area contributed by atoms with E-state index in [0.717, 1.165) is 47.3 Å². The maximum atomic E-state index is 4.81. The van der Waals surface area contributed by atoms with Gasteiger partial charge in [0.25, 0.3) is 0 Å². The standard InChI is InChI=1S/C16H20N6/c1-5-22(6-2)16-13-15(18-11(3)19-16)21(4)14(20-13)12-7-9-17-10-8-12/h7-10H,5-6H2,1-4H3. The lowest BCUT2D eigenvalue weighted by Gasteiger charge is -2.20. The quantitative estimate of drug-likeness (QED) is 0.740. The number of hydrogen-bond acceptors (Lipinski definition) is 5.